The molecule has 0 N–H and O–H groups in total. The predicted octanol–water partition coefficient (Wildman–Crippen LogP) is 3.37. The van der Waals surface area contributed by atoms with E-state index in [4.69, 9.17) is 0 Å². The quantitative estimate of drug-likeness (QED) is 0.776. The van der Waals surface area contributed by atoms with E-state index >= 15 is 0 Å². The van der Waals surface area contributed by atoms with Crippen LogP contribution in [0.3, 0.4) is 0 Å². The fourth-order valence-corrected chi connectivity index (χ4v) is 1.59. The molecule has 5 heteroatoms. The summed E-state index contributed by atoms with van der Waals surface area (Å²) in [4.78, 5) is 10.3. The number of rotatable bonds is 3. The van der Waals surface area contributed by atoms with Gasteiger partial charge in [0.25, 0.3) is 0 Å². The zero-order chi connectivity index (χ0) is 11.5. The summed E-state index contributed by atoms with van der Waals surface area (Å²) in [6.07, 6.45) is -4.86. The van der Waals surface area contributed by atoms with Crippen LogP contribution in [-0.4, -0.2) is 12.5 Å². The molecule has 0 heterocycles. The van der Waals surface area contributed by atoms with Crippen LogP contribution in [0.4, 0.5) is 13.2 Å². The second-order valence-electron chi connectivity index (χ2n) is 3.08. The first-order valence-electron chi connectivity index (χ1n) is 4.20. The van der Waals surface area contributed by atoms with Gasteiger partial charge < -0.3 is 4.79 Å². The van der Waals surface area contributed by atoms with Gasteiger partial charge in [-0.15, -0.1) is 0 Å². The third kappa shape index (κ3) is 3.34. The summed E-state index contributed by atoms with van der Waals surface area (Å²) >= 11 is 3.14. The molecule has 0 amide bonds. The first kappa shape index (κ1) is 12.2. The van der Waals surface area contributed by atoms with Gasteiger partial charge in [0.2, 0.25) is 0 Å². The maximum absolute atomic E-state index is 12.3. The summed E-state index contributed by atoms with van der Waals surface area (Å²) in [5, 5.41) is 0. The van der Waals surface area contributed by atoms with Crippen LogP contribution in [0.5, 0.6) is 0 Å². The predicted molar refractivity (Wildman–Crippen MR) is 53.5 cm³/mol. The topological polar surface area (TPSA) is 17.1 Å². The lowest BCUT2D eigenvalue weighted by Gasteiger charge is -2.14. The van der Waals surface area contributed by atoms with Crippen LogP contribution in [0, 0.1) is 5.92 Å². The lowest BCUT2D eigenvalue weighted by Crippen LogP contribution is -2.26. The second kappa shape index (κ2) is 4.79. The molecule has 1 aromatic rings. The highest BCUT2D eigenvalue weighted by atomic mass is 79.9. The van der Waals surface area contributed by atoms with Crippen molar-refractivity contribution in [2.24, 2.45) is 5.92 Å². The molecule has 15 heavy (non-hydrogen) atoms. The lowest BCUT2D eigenvalue weighted by atomic mass is 10.0. The van der Waals surface area contributed by atoms with Crippen molar-refractivity contribution in [2.75, 3.05) is 0 Å². The molecule has 1 atom stereocenters. The van der Waals surface area contributed by atoms with Crippen LogP contribution in [0.25, 0.3) is 0 Å². The van der Waals surface area contributed by atoms with Crippen LogP contribution in [0.15, 0.2) is 28.7 Å². The highest BCUT2D eigenvalue weighted by Gasteiger charge is 2.39. The van der Waals surface area contributed by atoms with E-state index in [1.165, 1.54) is 0 Å². The monoisotopic (exact) mass is 280 g/mol. The Bertz CT molecular complexity index is 349. The van der Waals surface area contributed by atoms with Gasteiger partial charge in [0.15, 0.2) is 0 Å². The van der Waals surface area contributed by atoms with E-state index in [-0.39, 0.29) is 12.7 Å². The number of hydrogen-bond donors (Lipinski definition) is 0. The van der Waals surface area contributed by atoms with E-state index in [0.717, 1.165) is 0 Å². The second-order valence-corrected chi connectivity index (χ2v) is 3.93. The Morgan fingerprint density at radius 3 is 2.40 bits per heavy atom. The van der Waals surface area contributed by atoms with Gasteiger partial charge in [0.1, 0.15) is 12.2 Å². The zero-order valence-electron chi connectivity index (χ0n) is 7.59. The standard InChI is InChI=1S/C10H8BrF3O/c11-9-4-2-1-3-7(9)5-8(6-15)10(12,13)14/h1-4,6,8H,5H2. The molecule has 1 nitrogen and oxygen atoms in total. The number of alkyl halides is 3. The van der Waals surface area contributed by atoms with Crippen molar-refractivity contribution < 1.29 is 18.0 Å². The average Bonchev–Trinajstić information content (AvgIpc) is 2.14. The molecular formula is C10H8BrF3O. The Labute approximate surface area is 93.4 Å². The number of carbonyl (C=O) groups excluding carboxylic acids is 1. The molecule has 0 fully saturated rings. The fourth-order valence-electron chi connectivity index (χ4n) is 1.14. The molecule has 1 aromatic carbocycles. The molecule has 0 aromatic heterocycles. The number of carbonyl (C=O) groups is 1. The smallest absolute Gasteiger partial charge is 0.303 e. The molecular weight excluding hydrogens is 273 g/mol. The molecule has 0 aliphatic heterocycles. The highest BCUT2D eigenvalue weighted by Crippen LogP contribution is 2.29. The van der Waals surface area contributed by atoms with Crippen molar-refractivity contribution in [1.82, 2.24) is 0 Å². The summed E-state index contributed by atoms with van der Waals surface area (Å²) in [6, 6.07) is 6.55. The van der Waals surface area contributed by atoms with Gasteiger partial charge >= 0.3 is 6.18 Å². The molecule has 0 aliphatic rings. The largest absolute Gasteiger partial charge is 0.398 e. The van der Waals surface area contributed by atoms with E-state index in [0.29, 0.717) is 10.0 Å². The van der Waals surface area contributed by atoms with E-state index in [2.05, 4.69) is 15.9 Å². The Balaban J connectivity index is 2.85. The molecule has 1 unspecified atom stereocenters. The van der Waals surface area contributed by atoms with Crippen LogP contribution in [0.2, 0.25) is 0 Å². The SMILES string of the molecule is O=CC(Cc1ccccc1Br)C(F)(F)F. The normalized spacial score (nSPS) is 13.6. The van der Waals surface area contributed by atoms with Crippen molar-refractivity contribution >= 4 is 22.2 Å². The molecule has 1 rings (SSSR count). The van der Waals surface area contributed by atoms with Crippen molar-refractivity contribution in [2.45, 2.75) is 12.6 Å². The number of aldehydes is 1. The number of hydrogen-bond acceptors (Lipinski definition) is 1. The maximum Gasteiger partial charge on any atom is 0.398 e. The summed E-state index contributed by atoms with van der Waals surface area (Å²) in [5.41, 5.74) is 0.479. The van der Waals surface area contributed by atoms with Crippen LogP contribution >= 0.6 is 15.9 Å². The highest BCUT2D eigenvalue weighted by molar-refractivity contribution is 9.10. The minimum absolute atomic E-state index is 0.0561. The molecule has 0 radical (unpaired) electrons. The van der Waals surface area contributed by atoms with E-state index in [9.17, 15) is 18.0 Å². The molecule has 0 aliphatic carbocycles. The van der Waals surface area contributed by atoms with Crippen LogP contribution in [-0.2, 0) is 11.2 Å². The molecule has 0 spiro atoms. The van der Waals surface area contributed by atoms with Crippen molar-refractivity contribution in [3.05, 3.63) is 34.3 Å². The summed E-state index contributed by atoms with van der Waals surface area (Å²) < 4.78 is 37.5. The first-order valence-corrected chi connectivity index (χ1v) is 5.00. The molecule has 82 valence electrons. The van der Waals surface area contributed by atoms with Crippen molar-refractivity contribution in [3.63, 3.8) is 0 Å². The van der Waals surface area contributed by atoms with E-state index in [1.54, 1.807) is 24.3 Å². The number of benzene rings is 1. The third-order valence-electron chi connectivity index (χ3n) is 1.98. The van der Waals surface area contributed by atoms with Gasteiger partial charge in [-0.1, -0.05) is 34.1 Å². The Morgan fingerprint density at radius 2 is 1.93 bits per heavy atom. The van der Waals surface area contributed by atoms with Gasteiger partial charge in [-0.05, 0) is 18.1 Å². The van der Waals surface area contributed by atoms with Gasteiger partial charge in [-0.2, -0.15) is 13.2 Å². The molecule has 0 saturated carbocycles. The van der Waals surface area contributed by atoms with Crippen molar-refractivity contribution in [3.8, 4) is 0 Å². The minimum Gasteiger partial charge on any atom is -0.303 e. The van der Waals surface area contributed by atoms with Crippen LogP contribution < -0.4 is 0 Å². The minimum atomic E-state index is -4.48. The Morgan fingerprint density at radius 1 is 1.33 bits per heavy atom. The Kier molecular flexibility index (Phi) is 3.90. The maximum atomic E-state index is 12.3. The van der Waals surface area contributed by atoms with E-state index < -0.39 is 12.1 Å². The Hall–Kier alpha value is -0.840. The summed E-state index contributed by atoms with van der Waals surface area (Å²) in [6.45, 7) is 0. The van der Waals surface area contributed by atoms with Crippen LogP contribution in [0.1, 0.15) is 5.56 Å². The van der Waals surface area contributed by atoms with Gasteiger partial charge in [-0.25, -0.2) is 0 Å². The number of halogens is 4. The molecule has 0 bridgehead atoms. The molecule has 0 saturated heterocycles. The fraction of sp³-hybridized carbons (Fsp3) is 0.300. The lowest BCUT2D eigenvalue weighted by molar-refractivity contribution is -0.174. The van der Waals surface area contributed by atoms with Gasteiger partial charge in [0, 0.05) is 4.47 Å². The zero-order valence-corrected chi connectivity index (χ0v) is 9.18. The van der Waals surface area contributed by atoms with Crippen molar-refractivity contribution in [1.29, 1.82) is 0 Å². The average molecular weight is 281 g/mol. The first-order chi connectivity index (χ1) is 6.95. The summed E-state index contributed by atoms with van der Waals surface area (Å²) in [5.74, 6) is -1.93. The van der Waals surface area contributed by atoms with E-state index in [1.807, 2.05) is 0 Å². The summed E-state index contributed by atoms with van der Waals surface area (Å²) in [7, 11) is 0. The third-order valence-corrected chi connectivity index (χ3v) is 2.76. The van der Waals surface area contributed by atoms with Gasteiger partial charge in [-0.3, -0.25) is 0 Å². The van der Waals surface area contributed by atoms with Gasteiger partial charge in [0.05, 0.1) is 0 Å².